The number of alkyl halides is 1. The minimum Gasteiger partial charge on any atom is -0.351 e. The van der Waals surface area contributed by atoms with Crippen LogP contribution >= 0.6 is 11.6 Å². The molecule has 17 heavy (non-hydrogen) atoms. The standard InChI is InChI=1S/C12H20ClN3O/c1-12(2,5-4-6-13)9-14-11(17)10-7-15-16(3)8-10/h7-8H,4-6,9H2,1-3H3,(H,14,17). The van der Waals surface area contributed by atoms with E-state index in [-0.39, 0.29) is 11.3 Å². The van der Waals surface area contributed by atoms with E-state index in [4.69, 9.17) is 11.6 Å². The first-order valence-electron chi connectivity index (χ1n) is 5.77. The normalized spacial score (nSPS) is 11.5. The molecule has 1 aromatic heterocycles. The predicted molar refractivity (Wildman–Crippen MR) is 69.3 cm³/mol. The molecule has 0 aliphatic heterocycles. The van der Waals surface area contributed by atoms with E-state index >= 15 is 0 Å². The number of rotatable bonds is 6. The van der Waals surface area contributed by atoms with E-state index in [0.29, 0.717) is 18.0 Å². The minimum absolute atomic E-state index is 0.0722. The lowest BCUT2D eigenvalue weighted by atomic mass is 9.88. The molecule has 1 N–H and O–H groups in total. The van der Waals surface area contributed by atoms with Crippen LogP contribution in [0.3, 0.4) is 0 Å². The highest BCUT2D eigenvalue weighted by atomic mass is 35.5. The molecule has 0 fully saturated rings. The second-order valence-corrected chi connectivity index (χ2v) is 5.42. The zero-order chi connectivity index (χ0) is 12.9. The molecule has 96 valence electrons. The van der Waals surface area contributed by atoms with Gasteiger partial charge in [-0.2, -0.15) is 5.10 Å². The zero-order valence-corrected chi connectivity index (χ0v) is 11.4. The van der Waals surface area contributed by atoms with Gasteiger partial charge >= 0.3 is 0 Å². The largest absolute Gasteiger partial charge is 0.351 e. The van der Waals surface area contributed by atoms with E-state index in [1.54, 1.807) is 24.1 Å². The van der Waals surface area contributed by atoms with Crippen LogP contribution in [0.5, 0.6) is 0 Å². The van der Waals surface area contributed by atoms with Crippen molar-refractivity contribution in [2.45, 2.75) is 26.7 Å². The van der Waals surface area contributed by atoms with Crippen LogP contribution in [0.15, 0.2) is 12.4 Å². The molecule has 0 saturated carbocycles. The molecule has 0 atom stereocenters. The predicted octanol–water partition coefficient (Wildman–Crippen LogP) is 2.20. The van der Waals surface area contributed by atoms with Gasteiger partial charge in [-0.05, 0) is 18.3 Å². The van der Waals surface area contributed by atoms with Crippen molar-refractivity contribution in [3.8, 4) is 0 Å². The third-order valence-corrected chi connectivity index (χ3v) is 2.95. The van der Waals surface area contributed by atoms with Crippen LogP contribution in [0.25, 0.3) is 0 Å². The van der Waals surface area contributed by atoms with Crippen molar-refractivity contribution in [2.75, 3.05) is 12.4 Å². The maximum Gasteiger partial charge on any atom is 0.254 e. The number of nitrogens with one attached hydrogen (secondary N) is 1. The first-order chi connectivity index (χ1) is 7.94. The van der Waals surface area contributed by atoms with E-state index < -0.39 is 0 Å². The highest BCUT2D eigenvalue weighted by Crippen LogP contribution is 2.21. The summed E-state index contributed by atoms with van der Waals surface area (Å²) in [6, 6.07) is 0. The maximum absolute atomic E-state index is 11.8. The van der Waals surface area contributed by atoms with Crippen molar-refractivity contribution >= 4 is 17.5 Å². The fraction of sp³-hybridized carbons (Fsp3) is 0.667. The van der Waals surface area contributed by atoms with E-state index in [1.165, 1.54) is 0 Å². The Morgan fingerprint density at radius 1 is 1.59 bits per heavy atom. The Kier molecular flexibility index (Phi) is 5.00. The minimum atomic E-state index is -0.0722. The molecular formula is C12H20ClN3O. The van der Waals surface area contributed by atoms with Gasteiger partial charge in [-0.15, -0.1) is 11.6 Å². The Balaban J connectivity index is 2.42. The summed E-state index contributed by atoms with van der Waals surface area (Å²) in [5.41, 5.74) is 0.674. The number of hydrogen-bond donors (Lipinski definition) is 1. The second-order valence-electron chi connectivity index (χ2n) is 5.04. The molecule has 5 heteroatoms. The van der Waals surface area contributed by atoms with Gasteiger partial charge in [0.05, 0.1) is 11.8 Å². The van der Waals surface area contributed by atoms with Crippen molar-refractivity contribution in [2.24, 2.45) is 12.5 Å². The van der Waals surface area contributed by atoms with Gasteiger partial charge in [0.15, 0.2) is 0 Å². The van der Waals surface area contributed by atoms with Crippen molar-refractivity contribution < 1.29 is 4.79 Å². The van der Waals surface area contributed by atoms with E-state index in [1.807, 2.05) is 0 Å². The molecule has 0 spiro atoms. The van der Waals surface area contributed by atoms with E-state index in [9.17, 15) is 4.79 Å². The third kappa shape index (κ3) is 4.77. The highest BCUT2D eigenvalue weighted by molar-refractivity contribution is 6.17. The molecule has 0 bridgehead atoms. The fourth-order valence-corrected chi connectivity index (χ4v) is 1.73. The van der Waals surface area contributed by atoms with Crippen LogP contribution in [0.1, 0.15) is 37.0 Å². The molecular weight excluding hydrogens is 238 g/mol. The molecule has 0 aromatic carbocycles. The summed E-state index contributed by atoms with van der Waals surface area (Å²) >= 11 is 5.67. The van der Waals surface area contributed by atoms with Crippen LogP contribution in [0, 0.1) is 5.41 Å². The average molecular weight is 258 g/mol. The van der Waals surface area contributed by atoms with Gasteiger partial charge in [0.2, 0.25) is 0 Å². The number of amides is 1. The molecule has 1 rings (SSSR count). The molecule has 0 radical (unpaired) electrons. The van der Waals surface area contributed by atoms with Crippen molar-refractivity contribution in [1.82, 2.24) is 15.1 Å². The third-order valence-electron chi connectivity index (χ3n) is 2.68. The summed E-state index contributed by atoms with van der Waals surface area (Å²) < 4.78 is 1.62. The molecule has 1 aromatic rings. The SMILES string of the molecule is Cn1cc(C(=O)NCC(C)(C)CCCCl)cn1. The zero-order valence-electron chi connectivity index (χ0n) is 10.7. The van der Waals surface area contributed by atoms with Crippen LogP contribution in [-0.2, 0) is 7.05 Å². The average Bonchev–Trinajstić information content (AvgIpc) is 2.70. The van der Waals surface area contributed by atoms with Gasteiger partial charge < -0.3 is 5.32 Å². The van der Waals surface area contributed by atoms with Gasteiger partial charge in [-0.25, -0.2) is 0 Å². The lowest BCUT2D eigenvalue weighted by molar-refractivity contribution is 0.0934. The number of halogens is 1. The van der Waals surface area contributed by atoms with Gasteiger partial charge in [0, 0.05) is 25.7 Å². The topological polar surface area (TPSA) is 46.9 Å². The Labute approximate surface area is 107 Å². The van der Waals surface area contributed by atoms with E-state index in [2.05, 4.69) is 24.3 Å². The summed E-state index contributed by atoms with van der Waals surface area (Å²) in [5.74, 6) is 0.594. The summed E-state index contributed by atoms with van der Waals surface area (Å²) in [6.45, 7) is 4.91. The summed E-state index contributed by atoms with van der Waals surface area (Å²) in [6.07, 6.45) is 5.25. The van der Waals surface area contributed by atoms with Gasteiger partial charge in [-0.3, -0.25) is 9.48 Å². The second kappa shape index (κ2) is 6.05. The highest BCUT2D eigenvalue weighted by Gasteiger charge is 2.19. The molecule has 0 unspecified atom stereocenters. The quantitative estimate of drug-likeness (QED) is 0.795. The number of carbonyl (C=O) groups excluding carboxylic acids is 1. The molecule has 4 nitrogen and oxygen atoms in total. The summed E-state index contributed by atoms with van der Waals surface area (Å²) in [7, 11) is 1.79. The van der Waals surface area contributed by atoms with Gasteiger partial charge in [0.1, 0.15) is 0 Å². The number of aryl methyl sites for hydroxylation is 1. The van der Waals surface area contributed by atoms with Crippen molar-refractivity contribution in [1.29, 1.82) is 0 Å². The fourth-order valence-electron chi connectivity index (χ4n) is 1.59. The Hall–Kier alpha value is -1.03. The number of nitrogens with zero attached hydrogens (tertiary/aromatic N) is 2. The smallest absolute Gasteiger partial charge is 0.254 e. The van der Waals surface area contributed by atoms with Crippen molar-refractivity contribution in [3.05, 3.63) is 18.0 Å². The first kappa shape index (κ1) is 14.0. The van der Waals surface area contributed by atoms with E-state index in [0.717, 1.165) is 12.8 Å². The lowest BCUT2D eigenvalue weighted by Crippen LogP contribution is -2.33. The lowest BCUT2D eigenvalue weighted by Gasteiger charge is -2.24. The number of carbonyl (C=O) groups is 1. The first-order valence-corrected chi connectivity index (χ1v) is 6.31. The summed E-state index contributed by atoms with van der Waals surface area (Å²) in [4.78, 5) is 11.8. The summed E-state index contributed by atoms with van der Waals surface area (Å²) in [5, 5.41) is 6.90. The van der Waals surface area contributed by atoms with Crippen LogP contribution < -0.4 is 5.32 Å². The van der Waals surface area contributed by atoms with Gasteiger partial charge in [0.25, 0.3) is 5.91 Å². The molecule has 0 aliphatic carbocycles. The van der Waals surface area contributed by atoms with Gasteiger partial charge in [-0.1, -0.05) is 13.8 Å². The van der Waals surface area contributed by atoms with Crippen LogP contribution in [0.2, 0.25) is 0 Å². The van der Waals surface area contributed by atoms with Crippen molar-refractivity contribution in [3.63, 3.8) is 0 Å². The Morgan fingerprint density at radius 3 is 2.82 bits per heavy atom. The maximum atomic E-state index is 11.8. The van der Waals surface area contributed by atoms with Crippen LogP contribution in [0.4, 0.5) is 0 Å². The Morgan fingerprint density at radius 2 is 2.29 bits per heavy atom. The molecule has 1 amide bonds. The molecule has 0 aliphatic rings. The Bertz CT molecular complexity index is 374. The number of aromatic nitrogens is 2. The molecule has 0 saturated heterocycles. The van der Waals surface area contributed by atoms with Crippen LogP contribution in [-0.4, -0.2) is 28.1 Å². The molecule has 1 heterocycles. The monoisotopic (exact) mass is 257 g/mol. The number of hydrogen-bond acceptors (Lipinski definition) is 2.